The number of aromatic nitrogens is 3. The van der Waals surface area contributed by atoms with Gasteiger partial charge in [-0.1, -0.05) is 5.16 Å². The van der Waals surface area contributed by atoms with Crippen LogP contribution < -0.4 is 10.2 Å². The molecule has 2 aliphatic rings. The molecule has 0 unspecified atom stereocenters. The minimum atomic E-state index is -0.429. The number of hydrogen-bond donors (Lipinski definition) is 1. The molecule has 1 saturated heterocycles. The Kier molecular flexibility index (Phi) is 4.76. The van der Waals surface area contributed by atoms with Crippen molar-refractivity contribution in [2.24, 2.45) is 12.2 Å². The lowest BCUT2D eigenvalue weighted by molar-refractivity contribution is -0.109. The third kappa shape index (κ3) is 2.91. The van der Waals surface area contributed by atoms with Crippen molar-refractivity contribution in [3.05, 3.63) is 42.2 Å². The van der Waals surface area contributed by atoms with E-state index in [4.69, 9.17) is 4.84 Å². The van der Waals surface area contributed by atoms with Crippen molar-refractivity contribution in [2.45, 2.75) is 25.5 Å². The van der Waals surface area contributed by atoms with Crippen LogP contribution in [0.25, 0.3) is 0 Å². The van der Waals surface area contributed by atoms with Gasteiger partial charge in [-0.25, -0.2) is 4.98 Å². The number of piperidine rings is 1. The van der Waals surface area contributed by atoms with Crippen molar-refractivity contribution < 1.29 is 9.63 Å². The van der Waals surface area contributed by atoms with Gasteiger partial charge in [0.15, 0.2) is 5.82 Å². The van der Waals surface area contributed by atoms with Crippen LogP contribution in [0.2, 0.25) is 0 Å². The van der Waals surface area contributed by atoms with Crippen LogP contribution in [0.4, 0.5) is 5.69 Å². The maximum atomic E-state index is 13.1. The molecule has 1 fully saturated rings. The molecule has 0 saturated carbocycles. The first-order valence-electron chi connectivity index (χ1n) is 9.52. The molecular weight excluding hydrogens is 358 g/mol. The SMILES string of the molecule is CCN(C(=O)c1cnc(C2=NOC3(CCNCC3)N2C)n1C)c1cccnc1. The highest BCUT2D eigenvalue weighted by Gasteiger charge is 2.46. The summed E-state index contributed by atoms with van der Waals surface area (Å²) in [4.78, 5) is 31.3. The van der Waals surface area contributed by atoms with Crippen LogP contribution in [0.1, 0.15) is 36.1 Å². The molecule has 2 aromatic rings. The van der Waals surface area contributed by atoms with Crippen LogP contribution in [0.5, 0.6) is 0 Å². The minimum Gasteiger partial charge on any atom is -0.365 e. The number of oxime groups is 1. The number of carbonyl (C=O) groups is 1. The van der Waals surface area contributed by atoms with Gasteiger partial charge in [-0.05, 0) is 19.1 Å². The van der Waals surface area contributed by atoms with E-state index in [1.54, 1.807) is 28.1 Å². The third-order valence-electron chi connectivity index (χ3n) is 5.54. The van der Waals surface area contributed by atoms with E-state index in [0.29, 0.717) is 23.9 Å². The first-order valence-corrected chi connectivity index (χ1v) is 9.52. The summed E-state index contributed by atoms with van der Waals surface area (Å²) in [5.41, 5.74) is 0.815. The summed E-state index contributed by atoms with van der Waals surface area (Å²) in [5.74, 6) is 1.13. The molecule has 0 radical (unpaired) electrons. The molecule has 0 aromatic carbocycles. The summed E-state index contributed by atoms with van der Waals surface area (Å²) >= 11 is 0. The standard InChI is InChI=1S/C19H25N7O2/c1-4-26(14-6-5-9-21-12-14)18(27)15-13-22-16(24(15)2)17-23-28-19(25(17)3)7-10-20-11-8-19/h5-6,9,12-13,20H,4,7-8,10-11H2,1-3H3. The van der Waals surface area contributed by atoms with Crippen molar-refractivity contribution >= 4 is 17.4 Å². The van der Waals surface area contributed by atoms with E-state index in [0.717, 1.165) is 31.6 Å². The van der Waals surface area contributed by atoms with Crippen molar-refractivity contribution in [1.82, 2.24) is 24.8 Å². The van der Waals surface area contributed by atoms with Crippen LogP contribution in [0.3, 0.4) is 0 Å². The van der Waals surface area contributed by atoms with E-state index in [2.05, 4.69) is 20.4 Å². The van der Waals surface area contributed by atoms with Gasteiger partial charge in [0.05, 0.1) is 18.1 Å². The average Bonchev–Trinajstić information content (AvgIpc) is 3.24. The lowest BCUT2D eigenvalue weighted by Gasteiger charge is -2.37. The predicted molar refractivity (Wildman–Crippen MR) is 105 cm³/mol. The molecule has 9 nitrogen and oxygen atoms in total. The number of nitrogens with one attached hydrogen (secondary N) is 1. The highest BCUT2D eigenvalue weighted by Crippen LogP contribution is 2.33. The van der Waals surface area contributed by atoms with Crippen molar-refractivity contribution in [3.63, 3.8) is 0 Å². The van der Waals surface area contributed by atoms with Gasteiger partial charge in [-0.15, -0.1) is 0 Å². The van der Waals surface area contributed by atoms with Crippen LogP contribution in [0.15, 0.2) is 35.9 Å². The van der Waals surface area contributed by atoms with Gasteiger partial charge in [0.2, 0.25) is 11.6 Å². The number of rotatable bonds is 4. The molecule has 0 atom stereocenters. The molecule has 0 aliphatic carbocycles. The van der Waals surface area contributed by atoms with Gasteiger partial charge in [0.1, 0.15) is 5.69 Å². The second kappa shape index (κ2) is 7.23. The number of amidine groups is 1. The zero-order valence-electron chi connectivity index (χ0n) is 16.4. The molecule has 4 heterocycles. The molecular formula is C19H25N7O2. The van der Waals surface area contributed by atoms with Gasteiger partial charge < -0.3 is 24.5 Å². The highest BCUT2D eigenvalue weighted by molar-refractivity contribution is 6.06. The van der Waals surface area contributed by atoms with Crippen LogP contribution in [-0.2, 0) is 11.9 Å². The summed E-state index contributed by atoms with van der Waals surface area (Å²) in [6, 6.07) is 3.69. The first kappa shape index (κ1) is 18.4. The van der Waals surface area contributed by atoms with Crippen molar-refractivity contribution in [2.75, 3.05) is 31.6 Å². The van der Waals surface area contributed by atoms with E-state index >= 15 is 0 Å². The van der Waals surface area contributed by atoms with Crippen molar-refractivity contribution in [3.8, 4) is 0 Å². The quantitative estimate of drug-likeness (QED) is 0.853. The largest absolute Gasteiger partial charge is 0.365 e. The summed E-state index contributed by atoms with van der Waals surface area (Å²) < 4.78 is 1.78. The Morgan fingerprint density at radius 2 is 2.11 bits per heavy atom. The van der Waals surface area contributed by atoms with Gasteiger partial charge in [-0.2, -0.15) is 0 Å². The predicted octanol–water partition coefficient (Wildman–Crippen LogP) is 1.19. The lowest BCUT2D eigenvalue weighted by Crippen LogP contribution is -2.53. The number of imidazole rings is 1. The Morgan fingerprint density at radius 3 is 2.79 bits per heavy atom. The molecule has 148 valence electrons. The van der Waals surface area contributed by atoms with E-state index in [-0.39, 0.29) is 5.91 Å². The van der Waals surface area contributed by atoms with Gasteiger partial charge in [0.25, 0.3) is 5.91 Å². The highest BCUT2D eigenvalue weighted by atomic mass is 16.7. The summed E-state index contributed by atoms with van der Waals surface area (Å²) in [7, 11) is 3.80. The Bertz CT molecular complexity index is 887. The topological polar surface area (TPSA) is 87.9 Å². The zero-order valence-corrected chi connectivity index (χ0v) is 16.4. The molecule has 0 bridgehead atoms. The zero-order chi connectivity index (χ0) is 19.7. The number of amides is 1. The van der Waals surface area contributed by atoms with Gasteiger partial charge in [-0.3, -0.25) is 9.78 Å². The van der Waals surface area contributed by atoms with E-state index < -0.39 is 5.72 Å². The first-order chi connectivity index (χ1) is 13.6. The number of hydrogen-bond acceptors (Lipinski definition) is 7. The Hall–Kier alpha value is -2.94. The minimum absolute atomic E-state index is 0.129. The fourth-order valence-corrected chi connectivity index (χ4v) is 3.79. The molecule has 4 rings (SSSR count). The molecule has 28 heavy (non-hydrogen) atoms. The van der Waals surface area contributed by atoms with Gasteiger partial charge >= 0.3 is 0 Å². The third-order valence-corrected chi connectivity index (χ3v) is 5.54. The summed E-state index contributed by atoms with van der Waals surface area (Å²) in [6.07, 6.45) is 6.66. The van der Waals surface area contributed by atoms with Crippen molar-refractivity contribution in [1.29, 1.82) is 0 Å². The number of anilines is 1. The number of pyridine rings is 1. The maximum Gasteiger partial charge on any atom is 0.276 e. The van der Waals surface area contributed by atoms with Crippen LogP contribution >= 0.6 is 0 Å². The Labute approximate surface area is 164 Å². The fraction of sp³-hybridized carbons (Fsp3) is 0.474. The average molecular weight is 383 g/mol. The second-order valence-corrected chi connectivity index (χ2v) is 7.05. The smallest absolute Gasteiger partial charge is 0.276 e. The normalized spacial score (nSPS) is 18.1. The van der Waals surface area contributed by atoms with E-state index in [9.17, 15) is 4.79 Å². The lowest BCUT2D eigenvalue weighted by atomic mass is 10.0. The fourth-order valence-electron chi connectivity index (χ4n) is 3.79. The Balaban J connectivity index is 1.60. The van der Waals surface area contributed by atoms with Crippen LogP contribution in [0, 0.1) is 0 Å². The monoisotopic (exact) mass is 383 g/mol. The molecule has 2 aromatic heterocycles. The van der Waals surface area contributed by atoms with Crippen LogP contribution in [-0.4, -0.2) is 63.6 Å². The molecule has 9 heteroatoms. The van der Waals surface area contributed by atoms with Gasteiger partial charge in [0, 0.05) is 52.8 Å². The summed E-state index contributed by atoms with van der Waals surface area (Å²) in [5, 5.41) is 7.66. The molecule has 2 aliphatic heterocycles. The molecule has 1 amide bonds. The maximum absolute atomic E-state index is 13.1. The summed E-state index contributed by atoms with van der Waals surface area (Å²) in [6.45, 7) is 4.23. The molecule has 1 spiro atoms. The van der Waals surface area contributed by atoms with E-state index in [1.165, 1.54) is 0 Å². The number of nitrogens with zero attached hydrogens (tertiary/aromatic N) is 6. The Morgan fingerprint density at radius 1 is 1.32 bits per heavy atom. The second-order valence-electron chi connectivity index (χ2n) is 7.05. The molecule has 1 N–H and O–H groups in total. The van der Waals surface area contributed by atoms with E-state index in [1.807, 2.05) is 38.1 Å². The number of carbonyl (C=O) groups excluding carboxylic acids is 1.